The van der Waals surface area contributed by atoms with E-state index in [1.54, 1.807) is 18.5 Å². The van der Waals surface area contributed by atoms with Crippen LogP contribution in [0, 0.1) is 0 Å². The summed E-state index contributed by atoms with van der Waals surface area (Å²) in [4.78, 5) is 21.0. The average molecular weight is 198 g/mol. The second-order valence-corrected chi connectivity index (χ2v) is 2.80. The molecule has 2 N–H and O–H groups in total. The maximum Gasteiger partial charge on any atom is 0.394 e. The maximum atomic E-state index is 10.8. The molecule has 0 aliphatic carbocycles. The number of aliphatic carboxylic acids is 1. The van der Waals surface area contributed by atoms with E-state index in [4.69, 9.17) is 5.11 Å². The second-order valence-electron chi connectivity index (χ2n) is 2.80. The first-order chi connectivity index (χ1) is 6.52. The van der Waals surface area contributed by atoms with E-state index in [0.717, 1.165) is 0 Å². The SMILES string of the molecule is CC(NC(=O)C(=O)O)c1nncn1C. The Balaban J connectivity index is 2.68. The first-order valence-corrected chi connectivity index (χ1v) is 3.90. The fourth-order valence-electron chi connectivity index (χ4n) is 1.01. The van der Waals surface area contributed by atoms with Crippen molar-refractivity contribution in [3.63, 3.8) is 0 Å². The Morgan fingerprint density at radius 1 is 1.64 bits per heavy atom. The summed E-state index contributed by atoms with van der Waals surface area (Å²) in [7, 11) is 1.71. The van der Waals surface area contributed by atoms with Gasteiger partial charge in [0.2, 0.25) is 0 Å². The van der Waals surface area contributed by atoms with Crippen molar-refractivity contribution in [3.8, 4) is 0 Å². The minimum absolute atomic E-state index is 0.480. The van der Waals surface area contributed by atoms with E-state index in [-0.39, 0.29) is 0 Å². The number of hydrogen-bond acceptors (Lipinski definition) is 4. The van der Waals surface area contributed by atoms with Crippen molar-refractivity contribution < 1.29 is 14.7 Å². The smallest absolute Gasteiger partial charge is 0.394 e. The number of rotatable bonds is 2. The summed E-state index contributed by atoms with van der Waals surface area (Å²) in [6.07, 6.45) is 1.47. The summed E-state index contributed by atoms with van der Waals surface area (Å²) in [5, 5.41) is 17.9. The van der Waals surface area contributed by atoms with Gasteiger partial charge in [0.1, 0.15) is 6.33 Å². The minimum Gasteiger partial charge on any atom is -0.474 e. The van der Waals surface area contributed by atoms with Crippen LogP contribution in [0.1, 0.15) is 18.8 Å². The van der Waals surface area contributed by atoms with Crippen molar-refractivity contribution in [3.05, 3.63) is 12.2 Å². The predicted molar refractivity (Wildman–Crippen MR) is 45.2 cm³/mol. The van der Waals surface area contributed by atoms with Crippen molar-refractivity contribution >= 4 is 11.9 Å². The van der Waals surface area contributed by atoms with E-state index in [1.807, 2.05) is 0 Å². The van der Waals surface area contributed by atoms with Gasteiger partial charge in [0, 0.05) is 7.05 Å². The first-order valence-electron chi connectivity index (χ1n) is 3.90. The van der Waals surface area contributed by atoms with Gasteiger partial charge in [-0.3, -0.25) is 4.79 Å². The number of hydrogen-bond donors (Lipinski definition) is 2. The number of aryl methyl sites for hydroxylation is 1. The zero-order valence-electron chi connectivity index (χ0n) is 7.76. The van der Waals surface area contributed by atoms with E-state index in [9.17, 15) is 9.59 Å². The molecule has 0 bridgehead atoms. The van der Waals surface area contributed by atoms with Gasteiger partial charge in [0.25, 0.3) is 0 Å². The van der Waals surface area contributed by atoms with Crippen LogP contribution in [0.5, 0.6) is 0 Å². The maximum absolute atomic E-state index is 10.8. The monoisotopic (exact) mass is 198 g/mol. The second kappa shape index (κ2) is 3.86. The van der Waals surface area contributed by atoms with Crippen molar-refractivity contribution in [1.82, 2.24) is 20.1 Å². The molecule has 0 radical (unpaired) electrons. The fraction of sp³-hybridized carbons (Fsp3) is 0.429. The minimum atomic E-state index is -1.51. The first kappa shape index (κ1) is 10.2. The number of nitrogens with one attached hydrogen (secondary N) is 1. The van der Waals surface area contributed by atoms with Gasteiger partial charge in [-0.15, -0.1) is 10.2 Å². The number of aromatic nitrogens is 3. The van der Waals surface area contributed by atoms with Crippen LogP contribution in [0.4, 0.5) is 0 Å². The number of carbonyl (C=O) groups excluding carboxylic acids is 1. The standard InChI is InChI=1S/C7H10N4O3/c1-4(9-6(12)7(13)14)5-10-8-3-11(5)2/h3-4H,1-2H3,(H,9,12)(H,13,14). The molecule has 1 heterocycles. The molecule has 1 amide bonds. The third-order valence-corrected chi connectivity index (χ3v) is 1.68. The Morgan fingerprint density at radius 3 is 2.71 bits per heavy atom. The molecule has 7 heteroatoms. The lowest BCUT2D eigenvalue weighted by Crippen LogP contribution is -2.33. The summed E-state index contributed by atoms with van der Waals surface area (Å²) in [5.74, 6) is -2.07. The zero-order valence-corrected chi connectivity index (χ0v) is 7.76. The summed E-state index contributed by atoms with van der Waals surface area (Å²) in [6.45, 7) is 1.63. The molecule has 0 saturated carbocycles. The quantitative estimate of drug-likeness (QED) is 0.599. The van der Waals surface area contributed by atoms with E-state index in [1.165, 1.54) is 6.33 Å². The van der Waals surface area contributed by atoms with Gasteiger partial charge in [-0.05, 0) is 6.92 Å². The molecule has 1 atom stereocenters. The van der Waals surface area contributed by atoms with Crippen molar-refractivity contribution in [2.75, 3.05) is 0 Å². The molecule has 14 heavy (non-hydrogen) atoms. The van der Waals surface area contributed by atoms with E-state index < -0.39 is 17.9 Å². The molecule has 0 aliphatic heterocycles. The Kier molecular flexibility index (Phi) is 2.80. The molecule has 0 aromatic carbocycles. The zero-order chi connectivity index (χ0) is 10.7. The Labute approximate surface area is 79.8 Å². The Hall–Kier alpha value is -1.92. The number of carboxylic acid groups (broad SMARTS) is 1. The summed E-state index contributed by atoms with van der Waals surface area (Å²) in [6, 6.07) is -0.480. The third-order valence-electron chi connectivity index (χ3n) is 1.68. The van der Waals surface area contributed by atoms with Gasteiger partial charge in [0.05, 0.1) is 6.04 Å². The lowest BCUT2D eigenvalue weighted by molar-refractivity contribution is -0.150. The number of carbonyl (C=O) groups is 2. The molecule has 1 aromatic heterocycles. The van der Waals surface area contributed by atoms with E-state index in [0.29, 0.717) is 5.82 Å². The normalized spacial score (nSPS) is 12.1. The molecule has 7 nitrogen and oxygen atoms in total. The van der Waals surface area contributed by atoms with Crippen LogP contribution < -0.4 is 5.32 Å². The summed E-state index contributed by atoms with van der Waals surface area (Å²) < 4.78 is 1.60. The van der Waals surface area contributed by atoms with Crippen LogP contribution in [-0.2, 0) is 16.6 Å². The lowest BCUT2D eigenvalue weighted by Gasteiger charge is -2.10. The molecule has 1 unspecified atom stereocenters. The Bertz CT molecular complexity index is 360. The van der Waals surface area contributed by atoms with Gasteiger partial charge < -0.3 is 15.0 Å². The van der Waals surface area contributed by atoms with Gasteiger partial charge in [-0.1, -0.05) is 0 Å². The number of amides is 1. The predicted octanol–water partition coefficient (Wildman–Crippen LogP) is -0.923. The highest BCUT2D eigenvalue weighted by molar-refractivity contribution is 6.31. The summed E-state index contributed by atoms with van der Waals surface area (Å²) >= 11 is 0. The molecule has 0 fully saturated rings. The van der Waals surface area contributed by atoms with Crippen LogP contribution >= 0.6 is 0 Å². The van der Waals surface area contributed by atoms with Crippen LogP contribution in [0.25, 0.3) is 0 Å². The van der Waals surface area contributed by atoms with Crippen LogP contribution in [0.2, 0.25) is 0 Å². The van der Waals surface area contributed by atoms with Crippen LogP contribution in [0.15, 0.2) is 6.33 Å². The lowest BCUT2D eigenvalue weighted by atomic mass is 10.3. The summed E-state index contributed by atoms with van der Waals surface area (Å²) in [5.41, 5.74) is 0. The fourth-order valence-corrected chi connectivity index (χ4v) is 1.01. The topological polar surface area (TPSA) is 97.1 Å². The highest BCUT2D eigenvalue weighted by Crippen LogP contribution is 2.06. The van der Waals surface area contributed by atoms with Crippen LogP contribution in [0.3, 0.4) is 0 Å². The van der Waals surface area contributed by atoms with Crippen LogP contribution in [-0.4, -0.2) is 31.7 Å². The molecule has 0 spiro atoms. The van der Waals surface area contributed by atoms with Crippen molar-refractivity contribution in [2.45, 2.75) is 13.0 Å². The Morgan fingerprint density at radius 2 is 2.29 bits per heavy atom. The average Bonchev–Trinajstić information content (AvgIpc) is 2.51. The van der Waals surface area contributed by atoms with Gasteiger partial charge in [-0.2, -0.15) is 0 Å². The molecule has 1 rings (SSSR count). The van der Waals surface area contributed by atoms with Gasteiger partial charge >= 0.3 is 11.9 Å². The molecular formula is C7H10N4O3. The molecule has 76 valence electrons. The third kappa shape index (κ3) is 2.06. The van der Waals surface area contributed by atoms with E-state index >= 15 is 0 Å². The largest absolute Gasteiger partial charge is 0.474 e. The van der Waals surface area contributed by atoms with Crippen molar-refractivity contribution in [1.29, 1.82) is 0 Å². The van der Waals surface area contributed by atoms with Gasteiger partial charge in [0.15, 0.2) is 5.82 Å². The molecule has 0 saturated heterocycles. The number of nitrogens with zero attached hydrogens (tertiary/aromatic N) is 3. The number of carboxylic acids is 1. The molecule has 1 aromatic rings. The van der Waals surface area contributed by atoms with E-state index in [2.05, 4.69) is 15.5 Å². The molecule has 0 aliphatic rings. The van der Waals surface area contributed by atoms with Crippen molar-refractivity contribution in [2.24, 2.45) is 7.05 Å². The highest BCUT2D eigenvalue weighted by atomic mass is 16.4. The van der Waals surface area contributed by atoms with Gasteiger partial charge in [-0.25, -0.2) is 4.79 Å². The molecular weight excluding hydrogens is 188 g/mol. The highest BCUT2D eigenvalue weighted by Gasteiger charge is 2.18.